The van der Waals surface area contributed by atoms with Gasteiger partial charge in [-0.1, -0.05) is 72.8 Å². The van der Waals surface area contributed by atoms with Crippen LogP contribution in [-0.4, -0.2) is 4.57 Å². The van der Waals surface area contributed by atoms with Crippen molar-refractivity contribution in [3.63, 3.8) is 0 Å². The number of allylic oxidation sites excluding steroid dienone is 1. The summed E-state index contributed by atoms with van der Waals surface area (Å²) in [4.78, 5) is 1.27. The summed E-state index contributed by atoms with van der Waals surface area (Å²) in [7, 11) is 0. The molecular formula is C39H23N3S2. The first kappa shape index (κ1) is 25.3. The van der Waals surface area contributed by atoms with Crippen LogP contribution >= 0.6 is 22.7 Å². The molecule has 0 amide bonds. The lowest BCUT2D eigenvalue weighted by Crippen LogP contribution is -2.16. The SMILES string of the molecule is CC1(C#N)C=Cc2sc3c(ccc4c5cc(-c6cccc(C#N)c6-n6c7ccccc7c7ccccc76)ccc5sc43)c2C1. The Balaban J connectivity index is 1.29. The molecule has 0 saturated heterocycles. The number of nitriles is 2. The first-order valence-electron chi connectivity index (χ1n) is 14.6. The quantitative estimate of drug-likeness (QED) is 0.199. The molecule has 0 aliphatic heterocycles. The van der Waals surface area contributed by atoms with E-state index in [2.05, 4.69) is 114 Å². The molecule has 3 aromatic heterocycles. The summed E-state index contributed by atoms with van der Waals surface area (Å²) in [6.07, 6.45) is 4.95. The van der Waals surface area contributed by atoms with Gasteiger partial charge in [-0.15, -0.1) is 22.7 Å². The molecular weight excluding hydrogens is 575 g/mol. The zero-order valence-electron chi connectivity index (χ0n) is 23.8. The highest BCUT2D eigenvalue weighted by molar-refractivity contribution is 7.31. The summed E-state index contributed by atoms with van der Waals surface area (Å²) in [5.74, 6) is 0. The molecule has 206 valence electrons. The van der Waals surface area contributed by atoms with Crippen molar-refractivity contribution in [2.75, 3.05) is 0 Å². The Hall–Kier alpha value is -5.20. The third-order valence-electron chi connectivity index (χ3n) is 9.10. The van der Waals surface area contributed by atoms with Crippen LogP contribution in [0.1, 0.15) is 22.9 Å². The minimum absolute atomic E-state index is 0.461. The fourth-order valence-corrected chi connectivity index (χ4v) is 9.52. The van der Waals surface area contributed by atoms with E-state index in [0.717, 1.165) is 34.3 Å². The van der Waals surface area contributed by atoms with Gasteiger partial charge in [-0.05, 0) is 66.3 Å². The summed E-state index contributed by atoms with van der Waals surface area (Å²) in [6, 6.07) is 39.2. The molecule has 3 heterocycles. The number of rotatable bonds is 2. The standard InChI is InChI=1S/C39H23N3S2/c1-39(22-41)18-17-35-31(20-39)29-15-14-28-30-19-23(13-16-34(30)43-37(28)38(29)44-35)25-10-6-7-24(21-40)36(25)42-32-11-4-2-8-26(32)27-9-3-5-12-33(27)42/h2-19H,20H2,1H3. The van der Waals surface area contributed by atoms with E-state index in [1.54, 1.807) is 0 Å². The smallest absolute Gasteiger partial charge is 0.101 e. The lowest BCUT2D eigenvalue weighted by Gasteiger charge is -2.21. The number of benzene rings is 5. The number of nitrogens with zero attached hydrogens (tertiary/aromatic N) is 3. The Kier molecular flexibility index (Phi) is 5.26. The van der Waals surface area contributed by atoms with Gasteiger partial charge >= 0.3 is 0 Å². The normalized spacial score (nSPS) is 16.2. The molecule has 0 radical (unpaired) electrons. The van der Waals surface area contributed by atoms with Gasteiger partial charge in [0.15, 0.2) is 0 Å². The molecule has 0 bridgehead atoms. The van der Waals surface area contributed by atoms with Crippen LogP contribution in [0.5, 0.6) is 0 Å². The average molecular weight is 598 g/mol. The van der Waals surface area contributed by atoms with Crippen LogP contribution in [0.3, 0.4) is 0 Å². The highest BCUT2D eigenvalue weighted by atomic mass is 32.1. The van der Waals surface area contributed by atoms with E-state index in [9.17, 15) is 10.5 Å². The average Bonchev–Trinajstić information content (AvgIpc) is 3.73. The van der Waals surface area contributed by atoms with Gasteiger partial charge in [0.05, 0.1) is 43.2 Å². The molecule has 0 spiro atoms. The topological polar surface area (TPSA) is 52.5 Å². The van der Waals surface area contributed by atoms with Crippen LogP contribution < -0.4 is 0 Å². The van der Waals surface area contributed by atoms with Crippen molar-refractivity contribution in [3.05, 3.63) is 119 Å². The monoisotopic (exact) mass is 597 g/mol. The van der Waals surface area contributed by atoms with E-state index in [0.29, 0.717) is 5.56 Å². The Morgan fingerprint density at radius 2 is 1.45 bits per heavy atom. The molecule has 5 heteroatoms. The van der Waals surface area contributed by atoms with Crippen molar-refractivity contribution in [3.8, 4) is 29.0 Å². The first-order valence-corrected chi connectivity index (χ1v) is 16.2. The van der Waals surface area contributed by atoms with Gasteiger partial charge in [0.2, 0.25) is 0 Å². The second-order valence-electron chi connectivity index (χ2n) is 11.8. The molecule has 0 N–H and O–H groups in total. The highest BCUT2D eigenvalue weighted by Gasteiger charge is 2.29. The lowest BCUT2D eigenvalue weighted by molar-refractivity contribution is 0.565. The summed E-state index contributed by atoms with van der Waals surface area (Å²) < 4.78 is 6.11. The van der Waals surface area contributed by atoms with Gasteiger partial charge in [-0.2, -0.15) is 10.5 Å². The molecule has 3 nitrogen and oxygen atoms in total. The van der Waals surface area contributed by atoms with E-state index < -0.39 is 5.41 Å². The van der Waals surface area contributed by atoms with Crippen LogP contribution in [0, 0.1) is 28.1 Å². The number of thiophene rings is 2. The molecule has 1 atom stereocenters. The fraction of sp³-hybridized carbons (Fsp3) is 0.0769. The number of hydrogen-bond donors (Lipinski definition) is 0. The third kappa shape index (κ3) is 3.46. The van der Waals surface area contributed by atoms with E-state index in [1.807, 2.05) is 41.7 Å². The van der Waals surface area contributed by atoms with Crippen molar-refractivity contribution in [2.45, 2.75) is 13.3 Å². The maximum atomic E-state index is 10.3. The minimum atomic E-state index is -0.461. The third-order valence-corrected chi connectivity index (χ3v) is 11.7. The van der Waals surface area contributed by atoms with Crippen LogP contribution in [-0.2, 0) is 6.42 Å². The van der Waals surface area contributed by atoms with Crippen molar-refractivity contribution in [1.29, 1.82) is 10.5 Å². The first-order chi connectivity index (χ1) is 21.6. The Bertz CT molecular complexity index is 2580. The zero-order valence-corrected chi connectivity index (χ0v) is 25.4. The van der Waals surface area contributed by atoms with Gasteiger partial charge in [-0.3, -0.25) is 0 Å². The molecule has 0 fully saturated rings. The van der Waals surface area contributed by atoms with Crippen molar-refractivity contribution < 1.29 is 0 Å². The lowest BCUT2D eigenvalue weighted by atomic mass is 9.80. The Morgan fingerprint density at radius 3 is 2.20 bits per heavy atom. The van der Waals surface area contributed by atoms with Crippen molar-refractivity contribution in [2.24, 2.45) is 5.41 Å². The van der Waals surface area contributed by atoms with Gasteiger partial charge in [-0.25, -0.2) is 0 Å². The molecule has 8 aromatic rings. The second kappa shape index (κ2) is 9.15. The summed E-state index contributed by atoms with van der Waals surface area (Å²) in [6.45, 7) is 2.02. The van der Waals surface area contributed by atoms with Gasteiger partial charge in [0.1, 0.15) is 6.07 Å². The number of hydrogen-bond acceptors (Lipinski definition) is 4. The second-order valence-corrected chi connectivity index (χ2v) is 13.9. The molecule has 1 aliphatic carbocycles. The van der Waals surface area contributed by atoms with Crippen molar-refractivity contribution in [1.82, 2.24) is 4.57 Å². The van der Waals surface area contributed by atoms with Crippen LogP contribution in [0.25, 0.3) is 75.0 Å². The predicted molar refractivity (Wildman–Crippen MR) is 186 cm³/mol. The van der Waals surface area contributed by atoms with Crippen LogP contribution in [0.4, 0.5) is 0 Å². The molecule has 5 aromatic carbocycles. The number of para-hydroxylation sites is 3. The fourth-order valence-electron chi connectivity index (χ4n) is 6.98. The molecule has 0 saturated carbocycles. The van der Waals surface area contributed by atoms with E-state index in [4.69, 9.17) is 0 Å². The Labute approximate surface area is 261 Å². The predicted octanol–water partition coefficient (Wildman–Crippen LogP) is 11.0. The van der Waals surface area contributed by atoms with E-state index in [-0.39, 0.29) is 0 Å². The highest BCUT2D eigenvalue weighted by Crippen LogP contribution is 2.48. The minimum Gasteiger partial charge on any atom is -0.307 e. The van der Waals surface area contributed by atoms with Gasteiger partial charge in [0.25, 0.3) is 0 Å². The maximum absolute atomic E-state index is 10.3. The van der Waals surface area contributed by atoms with Crippen molar-refractivity contribution >= 4 is 80.8 Å². The van der Waals surface area contributed by atoms with Gasteiger partial charge < -0.3 is 4.57 Å². The molecule has 44 heavy (non-hydrogen) atoms. The van der Waals surface area contributed by atoms with Gasteiger partial charge in [0, 0.05) is 36.7 Å². The zero-order chi connectivity index (χ0) is 29.6. The van der Waals surface area contributed by atoms with Crippen LogP contribution in [0.2, 0.25) is 0 Å². The molecule has 1 unspecified atom stereocenters. The Morgan fingerprint density at radius 1 is 0.727 bits per heavy atom. The van der Waals surface area contributed by atoms with E-state index in [1.165, 1.54) is 51.5 Å². The summed E-state index contributed by atoms with van der Waals surface area (Å²) in [5, 5.41) is 26.2. The number of fused-ring (bicyclic) bond motifs is 10. The summed E-state index contributed by atoms with van der Waals surface area (Å²) >= 11 is 3.68. The van der Waals surface area contributed by atoms with E-state index >= 15 is 0 Å². The number of aromatic nitrogens is 1. The molecule has 9 rings (SSSR count). The van der Waals surface area contributed by atoms with Crippen LogP contribution in [0.15, 0.2) is 103 Å². The summed E-state index contributed by atoms with van der Waals surface area (Å²) in [5.41, 5.74) is 6.68. The largest absolute Gasteiger partial charge is 0.307 e. The maximum Gasteiger partial charge on any atom is 0.101 e. The molecule has 1 aliphatic rings.